The molecule has 0 radical (unpaired) electrons. The molecule has 0 bridgehead atoms. The normalized spacial score (nSPS) is 27.2. The van der Waals surface area contributed by atoms with Crippen molar-refractivity contribution in [2.45, 2.75) is 37.2 Å². The van der Waals surface area contributed by atoms with E-state index in [1.165, 1.54) is 17.2 Å². The van der Waals surface area contributed by atoms with Gasteiger partial charge < -0.3 is 35.6 Å². The molecule has 6 N–H and O–H groups in total. The molecule has 1 aliphatic heterocycles. The van der Waals surface area contributed by atoms with E-state index in [2.05, 4.69) is 20.3 Å². The smallest absolute Gasteiger partial charge is 0.167 e. The number of hydrogen-bond acceptors (Lipinski definition) is 10. The van der Waals surface area contributed by atoms with E-state index in [9.17, 15) is 25.5 Å². The van der Waals surface area contributed by atoms with Gasteiger partial charge in [-0.25, -0.2) is 15.0 Å². The highest BCUT2D eigenvalue weighted by molar-refractivity contribution is 5.82. The molecule has 3 aromatic rings. The predicted octanol–water partition coefficient (Wildman–Crippen LogP) is -0.884. The third-order valence-electron chi connectivity index (χ3n) is 4.87. The van der Waals surface area contributed by atoms with Crippen molar-refractivity contribution in [3.63, 3.8) is 0 Å². The van der Waals surface area contributed by atoms with Gasteiger partial charge in [-0.15, -0.1) is 0 Å². The third-order valence-corrected chi connectivity index (χ3v) is 4.87. The van der Waals surface area contributed by atoms with Gasteiger partial charge in [-0.3, -0.25) is 4.57 Å². The van der Waals surface area contributed by atoms with Crippen molar-refractivity contribution in [2.24, 2.45) is 0 Å². The van der Waals surface area contributed by atoms with Gasteiger partial charge in [-0.2, -0.15) is 0 Å². The van der Waals surface area contributed by atoms with Gasteiger partial charge in [0.15, 0.2) is 23.2 Å². The summed E-state index contributed by atoms with van der Waals surface area (Å²) in [7, 11) is 0. The lowest BCUT2D eigenvalue weighted by Gasteiger charge is -2.40. The number of phenolic OH excluding ortho intramolecular Hbond substituents is 1. The molecule has 0 spiro atoms. The maximum absolute atomic E-state index is 10.4. The summed E-state index contributed by atoms with van der Waals surface area (Å²) >= 11 is 0. The number of benzene rings is 1. The maximum Gasteiger partial charge on any atom is 0.167 e. The van der Waals surface area contributed by atoms with Crippen LogP contribution in [0.25, 0.3) is 11.2 Å². The third kappa shape index (κ3) is 3.61. The molecule has 2 aromatic heterocycles. The first-order valence-corrected chi connectivity index (χ1v) is 8.99. The number of aromatic hydroxyl groups is 1. The van der Waals surface area contributed by atoms with Gasteiger partial charge in [-0.1, -0.05) is 12.1 Å². The van der Waals surface area contributed by atoms with E-state index in [4.69, 9.17) is 4.74 Å². The van der Waals surface area contributed by atoms with Crippen LogP contribution in [0.3, 0.4) is 0 Å². The number of ether oxygens (including phenoxy) is 1. The van der Waals surface area contributed by atoms with E-state index >= 15 is 0 Å². The van der Waals surface area contributed by atoms with E-state index in [1.54, 1.807) is 18.2 Å². The van der Waals surface area contributed by atoms with Crippen LogP contribution in [0.4, 0.5) is 5.82 Å². The number of rotatable bonds is 5. The number of nitrogens with one attached hydrogen (secondary N) is 1. The summed E-state index contributed by atoms with van der Waals surface area (Å²) in [6.07, 6.45) is -3.86. The Morgan fingerprint density at radius 1 is 1.07 bits per heavy atom. The SMILES string of the molecule is OCC1OC(n2cnc3c(NCc4cccc(O)c4)ncnc32)C(O)C(O)C1O. The number of nitrogens with zero attached hydrogens (tertiary/aromatic N) is 4. The van der Waals surface area contributed by atoms with Crippen molar-refractivity contribution >= 4 is 17.0 Å². The highest BCUT2D eigenvalue weighted by Crippen LogP contribution is 2.31. The summed E-state index contributed by atoms with van der Waals surface area (Å²) in [5.41, 5.74) is 1.58. The average molecular weight is 403 g/mol. The molecule has 5 unspecified atom stereocenters. The van der Waals surface area contributed by atoms with Crippen LogP contribution < -0.4 is 5.32 Å². The van der Waals surface area contributed by atoms with Gasteiger partial charge in [0.25, 0.3) is 0 Å². The topological polar surface area (TPSA) is 166 Å². The summed E-state index contributed by atoms with van der Waals surface area (Å²) in [5, 5.41) is 52.4. The first-order chi connectivity index (χ1) is 14.0. The number of aromatic nitrogens is 4. The average Bonchev–Trinajstić information content (AvgIpc) is 3.15. The van der Waals surface area contributed by atoms with Crippen LogP contribution >= 0.6 is 0 Å². The summed E-state index contributed by atoms with van der Waals surface area (Å²) in [5.74, 6) is 0.589. The molecular formula is C18H21N5O6. The Kier molecular flexibility index (Phi) is 5.30. The lowest BCUT2D eigenvalue weighted by Crippen LogP contribution is -2.56. The van der Waals surface area contributed by atoms with Gasteiger partial charge in [-0.05, 0) is 17.7 Å². The van der Waals surface area contributed by atoms with Crippen molar-refractivity contribution in [1.29, 1.82) is 0 Å². The quantitative estimate of drug-likeness (QED) is 0.315. The number of fused-ring (bicyclic) bond motifs is 1. The molecule has 154 valence electrons. The van der Waals surface area contributed by atoms with Crippen LogP contribution in [0.2, 0.25) is 0 Å². The van der Waals surface area contributed by atoms with E-state index in [0.29, 0.717) is 23.5 Å². The largest absolute Gasteiger partial charge is 0.508 e. The fraction of sp³-hybridized carbons (Fsp3) is 0.389. The van der Waals surface area contributed by atoms with Crippen molar-refractivity contribution < 1.29 is 30.3 Å². The van der Waals surface area contributed by atoms with Crippen LogP contribution in [-0.2, 0) is 11.3 Å². The van der Waals surface area contributed by atoms with E-state index in [1.807, 2.05) is 6.07 Å². The van der Waals surface area contributed by atoms with Gasteiger partial charge in [0.2, 0.25) is 0 Å². The van der Waals surface area contributed by atoms with Gasteiger partial charge in [0, 0.05) is 6.54 Å². The minimum absolute atomic E-state index is 0.157. The number of anilines is 1. The zero-order valence-electron chi connectivity index (χ0n) is 15.2. The zero-order valence-corrected chi connectivity index (χ0v) is 15.2. The fourth-order valence-corrected chi connectivity index (χ4v) is 3.33. The second kappa shape index (κ2) is 7.89. The molecule has 5 atom stereocenters. The Balaban J connectivity index is 1.62. The van der Waals surface area contributed by atoms with E-state index < -0.39 is 37.3 Å². The lowest BCUT2D eigenvalue weighted by atomic mass is 9.98. The molecule has 0 aliphatic carbocycles. The molecule has 11 nitrogen and oxygen atoms in total. The fourth-order valence-electron chi connectivity index (χ4n) is 3.33. The van der Waals surface area contributed by atoms with Gasteiger partial charge in [0.1, 0.15) is 36.5 Å². The second-order valence-electron chi connectivity index (χ2n) is 6.79. The van der Waals surface area contributed by atoms with Gasteiger partial charge >= 0.3 is 0 Å². The molecule has 4 rings (SSSR count). The standard InChI is InChI=1S/C18H21N5O6/c24-6-11-13(26)14(27)15(28)18(29-11)23-8-22-12-16(20-7-21-17(12)23)19-5-9-2-1-3-10(25)4-9/h1-4,7-8,11,13-15,18,24-28H,5-6H2,(H,19,20,21). The highest BCUT2D eigenvalue weighted by atomic mass is 16.6. The minimum atomic E-state index is -1.51. The van der Waals surface area contributed by atoms with Gasteiger partial charge in [0.05, 0.1) is 12.9 Å². The van der Waals surface area contributed by atoms with Crippen LogP contribution in [0.15, 0.2) is 36.9 Å². The van der Waals surface area contributed by atoms with Crippen LogP contribution in [0.5, 0.6) is 5.75 Å². The molecular weight excluding hydrogens is 382 g/mol. The predicted molar refractivity (Wildman–Crippen MR) is 99.8 cm³/mol. The van der Waals surface area contributed by atoms with Crippen LogP contribution in [0, 0.1) is 0 Å². The Morgan fingerprint density at radius 2 is 1.90 bits per heavy atom. The molecule has 1 aromatic carbocycles. The number of aliphatic hydroxyl groups excluding tert-OH is 4. The van der Waals surface area contributed by atoms with E-state index in [-0.39, 0.29) is 5.75 Å². The van der Waals surface area contributed by atoms with Crippen molar-refractivity contribution in [3.05, 3.63) is 42.5 Å². The maximum atomic E-state index is 10.4. The number of phenols is 1. The Morgan fingerprint density at radius 3 is 2.66 bits per heavy atom. The Hall–Kier alpha value is -2.83. The first-order valence-electron chi connectivity index (χ1n) is 8.99. The second-order valence-corrected chi connectivity index (χ2v) is 6.79. The van der Waals surface area contributed by atoms with Crippen LogP contribution in [0.1, 0.15) is 11.8 Å². The molecule has 29 heavy (non-hydrogen) atoms. The van der Waals surface area contributed by atoms with Crippen molar-refractivity contribution in [1.82, 2.24) is 19.5 Å². The molecule has 3 heterocycles. The summed E-state index contributed by atoms with van der Waals surface area (Å²) in [6, 6.07) is 6.78. The molecule has 0 amide bonds. The number of imidazole rings is 1. The van der Waals surface area contributed by atoms with Crippen molar-refractivity contribution in [3.8, 4) is 5.75 Å². The molecule has 1 saturated heterocycles. The zero-order chi connectivity index (χ0) is 20.5. The Bertz CT molecular complexity index is 996. The molecule has 11 heteroatoms. The first kappa shape index (κ1) is 19.5. The monoisotopic (exact) mass is 403 g/mol. The highest BCUT2D eigenvalue weighted by Gasteiger charge is 2.44. The van der Waals surface area contributed by atoms with E-state index in [0.717, 1.165) is 5.56 Å². The molecule has 1 fully saturated rings. The summed E-state index contributed by atoms with van der Waals surface area (Å²) < 4.78 is 6.99. The molecule has 0 saturated carbocycles. The minimum Gasteiger partial charge on any atom is -0.508 e. The summed E-state index contributed by atoms with van der Waals surface area (Å²) in [6.45, 7) is -0.146. The number of hydrogen-bond donors (Lipinski definition) is 6. The van der Waals surface area contributed by atoms with Crippen molar-refractivity contribution in [2.75, 3.05) is 11.9 Å². The summed E-state index contributed by atoms with van der Waals surface area (Å²) in [4.78, 5) is 12.7. The lowest BCUT2D eigenvalue weighted by molar-refractivity contribution is -0.250. The Labute approximate surface area is 164 Å². The number of aliphatic hydroxyl groups is 4. The molecule has 1 aliphatic rings. The van der Waals surface area contributed by atoms with Crippen LogP contribution in [-0.4, -0.2) is 76.1 Å².